The first-order chi connectivity index (χ1) is 15.4. The Morgan fingerprint density at radius 3 is 2.53 bits per heavy atom. The summed E-state index contributed by atoms with van der Waals surface area (Å²) in [5.74, 6) is -0.524. The van der Waals surface area contributed by atoms with Crippen molar-refractivity contribution >= 4 is 38.7 Å². The number of hydrazone groups is 1. The van der Waals surface area contributed by atoms with E-state index in [1.165, 1.54) is 18.2 Å². The Bertz CT molecular complexity index is 1350. The van der Waals surface area contributed by atoms with Crippen molar-refractivity contribution in [3.63, 3.8) is 0 Å². The van der Waals surface area contributed by atoms with E-state index < -0.39 is 15.9 Å². The van der Waals surface area contributed by atoms with E-state index in [2.05, 4.69) is 20.2 Å². The number of rotatable bonds is 7. The van der Waals surface area contributed by atoms with Crippen LogP contribution >= 0.6 is 11.3 Å². The summed E-state index contributed by atoms with van der Waals surface area (Å²) in [6.07, 6.45) is 5.26. The lowest BCUT2D eigenvalue weighted by Gasteiger charge is -2.11. The van der Waals surface area contributed by atoms with Gasteiger partial charge in [0.15, 0.2) is 0 Å². The van der Waals surface area contributed by atoms with Gasteiger partial charge in [0.05, 0.1) is 23.3 Å². The molecule has 0 bridgehead atoms. The topological polar surface area (TPSA) is 105 Å². The van der Waals surface area contributed by atoms with E-state index in [-0.39, 0.29) is 15.5 Å². The second-order valence-electron chi connectivity index (χ2n) is 6.74. The highest BCUT2D eigenvalue weighted by Gasteiger charge is 2.19. The van der Waals surface area contributed by atoms with Crippen LogP contribution in [0.1, 0.15) is 22.8 Å². The number of benzene rings is 2. The molecule has 8 nitrogen and oxygen atoms in total. The lowest BCUT2D eigenvalue weighted by molar-refractivity contribution is 0.0955. The quantitative estimate of drug-likeness (QED) is 0.319. The molecule has 0 aliphatic heterocycles. The summed E-state index contributed by atoms with van der Waals surface area (Å²) in [7, 11) is -3.78. The van der Waals surface area contributed by atoms with E-state index in [1.54, 1.807) is 43.0 Å². The van der Waals surface area contributed by atoms with Gasteiger partial charge in [-0.05, 0) is 48.2 Å². The van der Waals surface area contributed by atoms with Crippen LogP contribution in [0.15, 0.2) is 94.1 Å². The minimum atomic E-state index is -3.78. The van der Waals surface area contributed by atoms with Crippen molar-refractivity contribution in [1.29, 1.82) is 0 Å². The van der Waals surface area contributed by atoms with E-state index in [4.69, 9.17) is 0 Å². The van der Waals surface area contributed by atoms with Gasteiger partial charge in [0.1, 0.15) is 4.21 Å². The number of imidazole rings is 1. The third kappa shape index (κ3) is 4.76. The molecule has 4 aromatic rings. The molecule has 2 aromatic carbocycles. The Morgan fingerprint density at radius 2 is 1.84 bits per heavy atom. The highest BCUT2D eigenvalue weighted by molar-refractivity contribution is 7.94. The van der Waals surface area contributed by atoms with Gasteiger partial charge in [0.2, 0.25) is 0 Å². The van der Waals surface area contributed by atoms with Crippen LogP contribution in [0, 0.1) is 0 Å². The first kappa shape index (κ1) is 21.5. The van der Waals surface area contributed by atoms with Crippen LogP contribution in [0.2, 0.25) is 0 Å². The summed E-state index contributed by atoms with van der Waals surface area (Å²) >= 11 is 1.10. The molecule has 0 radical (unpaired) electrons. The predicted molar refractivity (Wildman–Crippen MR) is 125 cm³/mol. The van der Waals surface area contributed by atoms with Crippen molar-refractivity contribution in [3.05, 3.63) is 95.9 Å². The molecule has 0 spiro atoms. The van der Waals surface area contributed by atoms with Crippen LogP contribution in [-0.2, 0) is 10.0 Å². The predicted octanol–water partition coefficient (Wildman–Crippen LogP) is 3.89. The molecule has 0 fully saturated rings. The molecule has 2 N–H and O–H groups in total. The number of sulfonamides is 1. The zero-order chi connectivity index (χ0) is 22.6. The number of nitrogens with one attached hydrogen (secondary N) is 2. The van der Waals surface area contributed by atoms with Gasteiger partial charge in [0, 0.05) is 18.1 Å². The fourth-order valence-corrected chi connectivity index (χ4v) is 5.00. The van der Waals surface area contributed by atoms with Gasteiger partial charge >= 0.3 is 0 Å². The van der Waals surface area contributed by atoms with Crippen molar-refractivity contribution in [2.45, 2.75) is 11.1 Å². The molecular weight excluding hydrogens is 446 g/mol. The normalized spacial score (nSPS) is 11.8. The molecule has 0 aliphatic rings. The number of amides is 1. The zero-order valence-corrected chi connectivity index (χ0v) is 18.6. The molecule has 0 saturated carbocycles. The molecule has 4 rings (SSSR count). The van der Waals surface area contributed by atoms with E-state index in [0.29, 0.717) is 5.71 Å². The van der Waals surface area contributed by atoms with E-state index in [0.717, 1.165) is 22.6 Å². The van der Waals surface area contributed by atoms with Crippen LogP contribution in [0.3, 0.4) is 0 Å². The Labute approximate surface area is 189 Å². The fourth-order valence-electron chi connectivity index (χ4n) is 2.93. The largest absolute Gasteiger partial charge is 0.306 e. The van der Waals surface area contributed by atoms with Crippen LogP contribution < -0.4 is 10.1 Å². The summed E-state index contributed by atoms with van der Waals surface area (Å²) in [4.78, 5) is 16.7. The monoisotopic (exact) mass is 465 g/mol. The molecule has 2 aromatic heterocycles. The SMILES string of the molecule is C/C(=N/NC(=O)c1ccccc1NS(=O)(=O)c1cccs1)c1ccc(-n2ccnc2)cc1. The second kappa shape index (κ2) is 9.16. The second-order valence-corrected chi connectivity index (χ2v) is 9.60. The number of hydrogen-bond acceptors (Lipinski definition) is 6. The maximum absolute atomic E-state index is 12.7. The number of thiophene rings is 1. The van der Waals surface area contributed by atoms with Crippen molar-refractivity contribution in [2.75, 3.05) is 4.72 Å². The highest BCUT2D eigenvalue weighted by Crippen LogP contribution is 2.23. The third-order valence-electron chi connectivity index (χ3n) is 4.59. The lowest BCUT2D eigenvalue weighted by Crippen LogP contribution is -2.22. The number of hydrogen-bond donors (Lipinski definition) is 2. The minimum absolute atomic E-state index is 0.166. The maximum Gasteiger partial charge on any atom is 0.273 e. The molecule has 1 amide bonds. The summed E-state index contributed by atoms with van der Waals surface area (Å²) in [6.45, 7) is 1.78. The van der Waals surface area contributed by atoms with E-state index in [9.17, 15) is 13.2 Å². The van der Waals surface area contributed by atoms with Crippen molar-refractivity contribution in [1.82, 2.24) is 15.0 Å². The number of anilines is 1. The van der Waals surface area contributed by atoms with Crippen LogP contribution in [-0.4, -0.2) is 29.6 Å². The smallest absolute Gasteiger partial charge is 0.273 e. The average Bonchev–Trinajstić information content (AvgIpc) is 3.52. The van der Waals surface area contributed by atoms with E-state index in [1.807, 2.05) is 35.0 Å². The van der Waals surface area contributed by atoms with E-state index >= 15 is 0 Å². The zero-order valence-electron chi connectivity index (χ0n) is 17.0. The summed E-state index contributed by atoms with van der Waals surface area (Å²) in [5.41, 5.74) is 5.24. The van der Waals surface area contributed by atoms with Crippen molar-refractivity contribution in [3.8, 4) is 5.69 Å². The summed E-state index contributed by atoms with van der Waals surface area (Å²) in [5, 5.41) is 5.85. The Morgan fingerprint density at radius 1 is 1.06 bits per heavy atom. The van der Waals surface area contributed by atoms with Gasteiger partial charge in [-0.15, -0.1) is 11.3 Å². The van der Waals surface area contributed by atoms with Gasteiger partial charge in [-0.25, -0.2) is 18.8 Å². The van der Waals surface area contributed by atoms with Gasteiger partial charge < -0.3 is 4.57 Å². The average molecular weight is 466 g/mol. The van der Waals surface area contributed by atoms with Crippen molar-refractivity contribution in [2.24, 2.45) is 5.10 Å². The maximum atomic E-state index is 12.7. The molecule has 0 unspecified atom stereocenters. The molecule has 0 saturated heterocycles. The Hall–Kier alpha value is -3.76. The van der Waals surface area contributed by atoms with Gasteiger partial charge in [-0.2, -0.15) is 5.10 Å². The van der Waals surface area contributed by atoms with Crippen LogP contribution in [0.5, 0.6) is 0 Å². The molecular formula is C22H19N5O3S2. The summed E-state index contributed by atoms with van der Waals surface area (Å²) < 4.78 is 29.6. The minimum Gasteiger partial charge on any atom is -0.306 e. The third-order valence-corrected chi connectivity index (χ3v) is 7.35. The molecule has 32 heavy (non-hydrogen) atoms. The lowest BCUT2D eigenvalue weighted by atomic mass is 10.1. The number of nitrogens with zero attached hydrogens (tertiary/aromatic N) is 3. The molecule has 162 valence electrons. The number of carbonyl (C=O) groups is 1. The molecule has 0 aliphatic carbocycles. The number of para-hydroxylation sites is 1. The Balaban J connectivity index is 1.49. The highest BCUT2D eigenvalue weighted by atomic mass is 32.2. The van der Waals surface area contributed by atoms with Crippen LogP contribution in [0.25, 0.3) is 5.69 Å². The Kier molecular flexibility index (Phi) is 6.15. The van der Waals surface area contributed by atoms with Gasteiger partial charge in [0.25, 0.3) is 15.9 Å². The van der Waals surface area contributed by atoms with Crippen LogP contribution in [0.4, 0.5) is 5.69 Å². The molecule has 2 heterocycles. The van der Waals surface area contributed by atoms with Gasteiger partial charge in [-0.1, -0.05) is 30.3 Å². The number of aromatic nitrogens is 2. The first-order valence-corrected chi connectivity index (χ1v) is 11.9. The van der Waals surface area contributed by atoms with Gasteiger partial charge in [-0.3, -0.25) is 9.52 Å². The van der Waals surface area contributed by atoms with Crippen molar-refractivity contribution < 1.29 is 13.2 Å². The summed E-state index contributed by atoms with van der Waals surface area (Å²) in [6, 6.07) is 17.2. The first-order valence-electron chi connectivity index (χ1n) is 9.53. The standard InChI is InChI=1S/C22H19N5O3S2/c1-16(17-8-10-18(11-9-17)27-13-12-23-15-27)24-25-22(28)19-5-2-3-6-20(19)26-32(29,30)21-7-4-14-31-21/h2-15,26H,1H3,(H,25,28)/b24-16-. The fraction of sp³-hybridized carbons (Fsp3) is 0.0455. The number of carbonyl (C=O) groups excluding carboxylic acids is 1. The molecule has 10 heteroatoms. The molecule has 0 atom stereocenters.